The average Bonchev–Trinajstić information content (AvgIpc) is 2.46. The second kappa shape index (κ2) is 6.96. The van der Waals surface area contributed by atoms with Crippen molar-refractivity contribution in [3.05, 3.63) is 0 Å². The first kappa shape index (κ1) is 15.3. The fourth-order valence-electron chi connectivity index (χ4n) is 2.43. The quantitative estimate of drug-likeness (QED) is 0.242. The van der Waals surface area contributed by atoms with E-state index in [0.717, 1.165) is 19.3 Å². The standard InChI is InChI=1S/C12H22N4O3/c1-14-9(17)5-8-15-11(18)12(10(13)16-19)6-3-2-4-7-12/h19H,2-8H2,1H3,(H2,13,16)(H,14,17)(H,15,18). The minimum atomic E-state index is -0.921. The summed E-state index contributed by atoms with van der Waals surface area (Å²) < 4.78 is 0. The van der Waals surface area contributed by atoms with E-state index in [2.05, 4.69) is 15.8 Å². The van der Waals surface area contributed by atoms with Crippen molar-refractivity contribution < 1.29 is 14.8 Å². The van der Waals surface area contributed by atoms with Crippen LogP contribution in [0.3, 0.4) is 0 Å². The Hall–Kier alpha value is -1.79. The molecular weight excluding hydrogens is 248 g/mol. The molecule has 5 N–H and O–H groups in total. The van der Waals surface area contributed by atoms with Crippen molar-refractivity contribution in [3.63, 3.8) is 0 Å². The molecule has 1 rings (SSSR count). The third-order valence-electron chi connectivity index (χ3n) is 3.66. The van der Waals surface area contributed by atoms with Crippen molar-refractivity contribution in [1.82, 2.24) is 10.6 Å². The fourth-order valence-corrected chi connectivity index (χ4v) is 2.43. The van der Waals surface area contributed by atoms with Crippen LogP contribution in [0.15, 0.2) is 5.16 Å². The fraction of sp³-hybridized carbons (Fsp3) is 0.750. The Balaban J connectivity index is 2.65. The number of carbonyl (C=O) groups excluding carboxylic acids is 2. The van der Waals surface area contributed by atoms with Gasteiger partial charge in [-0.3, -0.25) is 9.59 Å². The largest absolute Gasteiger partial charge is 0.409 e. The van der Waals surface area contributed by atoms with E-state index in [1.807, 2.05) is 0 Å². The third kappa shape index (κ3) is 3.59. The van der Waals surface area contributed by atoms with Crippen molar-refractivity contribution in [2.45, 2.75) is 38.5 Å². The van der Waals surface area contributed by atoms with Gasteiger partial charge in [0.25, 0.3) is 0 Å². The van der Waals surface area contributed by atoms with Crippen LogP contribution in [0.25, 0.3) is 0 Å². The predicted octanol–water partition coefficient (Wildman–Crippen LogP) is -0.0644. The van der Waals surface area contributed by atoms with Crippen LogP contribution < -0.4 is 16.4 Å². The summed E-state index contributed by atoms with van der Waals surface area (Å²) >= 11 is 0. The Labute approximate surface area is 112 Å². The zero-order valence-corrected chi connectivity index (χ0v) is 11.2. The molecule has 1 aliphatic carbocycles. The average molecular weight is 270 g/mol. The highest BCUT2D eigenvalue weighted by Gasteiger charge is 2.43. The number of carbonyl (C=O) groups is 2. The van der Waals surface area contributed by atoms with E-state index in [0.29, 0.717) is 12.8 Å². The number of oxime groups is 1. The van der Waals surface area contributed by atoms with Crippen molar-refractivity contribution in [1.29, 1.82) is 0 Å². The molecule has 0 aliphatic heterocycles. The van der Waals surface area contributed by atoms with E-state index >= 15 is 0 Å². The molecule has 2 amide bonds. The molecule has 7 nitrogen and oxygen atoms in total. The summed E-state index contributed by atoms with van der Waals surface area (Å²) in [6.45, 7) is 0.249. The molecule has 0 heterocycles. The first-order chi connectivity index (χ1) is 9.06. The summed E-state index contributed by atoms with van der Waals surface area (Å²) in [5.41, 5.74) is 4.78. The maximum atomic E-state index is 12.3. The van der Waals surface area contributed by atoms with Gasteiger partial charge in [0.05, 0.1) is 0 Å². The van der Waals surface area contributed by atoms with Crippen LogP contribution >= 0.6 is 0 Å². The zero-order chi connectivity index (χ0) is 14.3. The topological polar surface area (TPSA) is 117 Å². The van der Waals surface area contributed by atoms with Gasteiger partial charge in [-0.2, -0.15) is 0 Å². The number of nitrogens with zero attached hydrogens (tertiary/aromatic N) is 1. The van der Waals surface area contributed by atoms with E-state index in [1.54, 1.807) is 7.05 Å². The second-order valence-corrected chi connectivity index (χ2v) is 4.81. The molecule has 0 bridgehead atoms. The van der Waals surface area contributed by atoms with E-state index in [-0.39, 0.29) is 30.6 Å². The van der Waals surface area contributed by atoms with Gasteiger partial charge in [-0.1, -0.05) is 24.4 Å². The number of nitrogens with two attached hydrogens (primary N) is 1. The van der Waals surface area contributed by atoms with E-state index in [4.69, 9.17) is 10.9 Å². The van der Waals surface area contributed by atoms with Crippen LogP contribution in [0.1, 0.15) is 38.5 Å². The van der Waals surface area contributed by atoms with Gasteiger partial charge in [0, 0.05) is 20.0 Å². The molecule has 0 spiro atoms. The van der Waals surface area contributed by atoms with Gasteiger partial charge in [0.2, 0.25) is 11.8 Å². The lowest BCUT2D eigenvalue weighted by Gasteiger charge is -2.34. The molecule has 1 fully saturated rings. The number of hydrogen-bond acceptors (Lipinski definition) is 4. The second-order valence-electron chi connectivity index (χ2n) is 4.81. The first-order valence-electron chi connectivity index (χ1n) is 6.53. The van der Waals surface area contributed by atoms with Crippen molar-refractivity contribution in [3.8, 4) is 0 Å². The highest BCUT2D eigenvalue weighted by Crippen LogP contribution is 2.36. The van der Waals surface area contributed by atoms with Crippen LogP contribution in [0.5, 0.6) is 0 Å². The molecule has 19 heavy (non-hydrogen) atoms. The predicted molar refractivity (Wildman–Crippen MR) is 70.6 cm³/mol. The molecule has 0 aromatic carbocycles. The summed E-state index contributed by atoms with van der Waals surface area (Å²) in [6, 6.07) is 0. The smallest absolute Gasteiger partial charge is 0.233 e. The molecular formula is C12H22N4O3. The van der Waals surface area contributed by atoms with Gasteiger partial charge in [-0.15, -0.1) is 0 Å². The van der Waals surface area contributed by atoms with Gasteiger partial charge in [-0.05, 0) is 12.8 Å². The zero-order valence-electron chi connectivity index (χ0n) is 11.2. The Morgan fingerprint density at radius 1 is 1.32 bits per heavy atom. The number of hydrogen-bond donors (Lipinski definition) is 4. The van der Waals surface area contributed by atoms with Crippen molar-refractivity contribution in [2.75, 3.05) is 13.6 Å². The van der Waals surface area contributed by atoms with Gasteiger partial charge >= 0.3 is 0 Å². The Bertz CT molecular complexity index is 362. The minimum Gasteiger partial charge on any atom is -0.409 e. The lowest BCUT2D eigenvalue weighted by atomic mass is 9.72. The summed E-state index contributed by atoms with van der Waals surface area (Å²) in [5.74, 6) is -0.433. The van der Waals surface area contributed by atoms with Gasteiger partial charge in [-0.25, -0.2) is 0 Å². The normalized spacial score (nSPS) is 18.7. The van der Waals surface area contributed by atoms with Crippen molar-refractivity contribution >= 4 is 17.6 Å². The highest BCUT2D eigenvalue weighted by atomic mass is 16.4. The number of nitrogens with one attached hydrogen (secondary N) is 2. The van der Waals surface area contributed by atoms with Gasteiger partial charge in [0.1, 0.15) is 5.41 Å². The molecule has 1 saturated carbocycles. The van der Waals surface area contributed by atoms with Crippen LogP contribution in [-0.4, -0.2) is 36.4 Å². The van der Waals surface area contributed by atoms with Gasteiger partial charge < -0.3 is 21.6 Å². The molecule has 1 aliphatic rings. The summed E-state index contributed by atoms with van der Waals surface area (Å²) in [6.07, 6.45) is 4.17. The third-order valence-corrected chi connectivity index (χ3v) is 3.66. The molecule has 0 unspecified atom stereocenters. The van der Waals surface area contributed by atoms with E-state index in [9.17, 15) is 9.59 Å². The van der Waals surface area contributed by atoms with E-state index < -0.39 is 5.41 Å². The molecule has 108 valence electrons. The summed E-state index contributed by atoms with van der Waals surface area (Å²) in [7, 11) is 1.54. The lowest BCUT2D eigenvalue weighted by molar-refractivity contribution is -0.129. The number of amidine groups is 1. The molecule has 0 saturated heterocycles. The number of rotatable bonds is 5. The molecule has 0 aromatic rings. The summed E-state index contributed by atoms with van der Waals surface area (Å²) in [4.78, 5) is 23.4. The first-order valence-corrected chi connectivity index (χ1v) is 6.53. The molecule has 7 heteroatoms. The van der Waals surface area contributed by atoms with Gasteiger partial charge in [0.15, 0.2) is 5.84 Å². The maximum Gasteiger partial charge on any atom is 0.233 e. The highest BCUT2D eigenvalue weighted by molar-refractivity contribution is 6.06. The van der Waals surface area contributed by atoms with Crippen LogP contribution in [-0.2, 0) is 9.59 Å². The van der Waals surface area contributed by atoms with Crippen LogP contribution in [0.4, 0.5) is 0 Å². The molecule has 0 radical (unpaired) electrons. The van der Waals surface area contributed by atoms with Crippen LogP contribution in [0, 0.1) is 5.41 Å². The lowest BCUT2D eigenvalue weighted by Crippen LogP contribution is -2.51. The summed E-state index contributed by atoms with van der Waals surface area (Å²) in [5, 5.41) is 17.1. The Morgan fingerprint density at radius 2 is 1.95 bits per heavy atom. The Kier molecular flexibility index (Phi) is 5.59. The SMILES string of the molecule is CNC(=O)CCNC(=O)C1(C(N)=NO)CCCCC1. The molecule has 0 atom stereocenters. The van der Waals surface area contributed by atoms with Crippen molar-refractivity contribution in [2.24, 2.45) is 16.3 Å². The van der Waals surface area contributed by atoms with E-state index in [1.165, 1.54) is 0 Å². The number of amides is 2. The monoisotopic (exact) mass is 270 g/mol. The van der Waals surface area contributed by atoms with Crippen LogP contribution in [0.2, 0.25) is 0 Å². The minimum absolute atomic E-state index is 0.0374. The maximum absolute atomic E-state index is 12.3. The molecule has 0 aromatic heterocycles. The Morgan fingerprint density at radius 3 is 2.47 bits per heavy atom.